The van der Waals surface area contributed by atoms with Crippen LogP contribution in [-0.4, -0.2) is 40.9 Å². The van der Waals surface area contributed by atoms with Crippen LogP contribution in [0.2, 0.25) is 5.02 Å². The van der Waals surface area contributed by atoms with E-state index in [4.69, 9.17) is 25.8 Å². The van der Waals surface area contributed by atoms with Crippen molar-refractivity contribution in [2.24, 2.45) is 5.10 Å². The summed E-state index contributed by atoms with van der Waals surface area (Å²) in [5.74, 6) is 1.30. The Labute approximate surface area is 206 Å². The van der Waals surface area contributed by atoms with E-state index in [1.807, 2.05) is 0 Å². The summed E-state index contributed by atoms with van der Waals surface area (Å²) in [4.78, 5) is 10.6. The second kappa shape index (κ2) is 10.9. The van der Waals surface area contributed by atoms with Gasteiger partial charge in [0, 0.05) is 28.9 Å². The predicted octanol–water partition coefficient (Wildman–Crippen LogP) is 4.52. The third-order valence-corrected chi connectivity index (χ3v) is 6.34. The lowest BCUT2D eigenvalue weighted by Gasteiger charge is -2.12. The smallest absolute Gasteiger partial charge is 0.295 e. The second-order valence-corrected chi connectivity index (χ2v) is 8.98. The number of nitro benzene ring substituents is 1. The molecule has 0 unspecified atom stereocenters. The molecule has 13 heteroatoms. The lowest BCUT2D eigenvalue weighted by Crippen LogP contribution is -2.13. The summed E-state index contributed by atoms with van der Waals surface area (Å²) in [6.45, 7) is 0. The number of halogens is 1. The Bertz CT molecular complexity index is 1340. The van der Waals surface area contributed by atoms with Gasteiger partial charge >= 0.3 is 0 Å². The third kappa shape index (κ3) is 6.11. The molecule has 184 valence electrons. The zero-order valence-electron chi connectivity index (χ0n) is 18.8. The monoisotopic (exact) mass is 520 g/mol. The average Bonchev–Trinajstić information content (AvgIpc) is 2.85. The summed E-state index contributed by atoms with van der Waals surface area (Å²) in [5.41, 5.74) is 2.76. The Morgan fingerprint density at radius 2 is 1.60 bits per heavy atom. The molecular weight excluding hydrogens is 500 g/mol. The molecule has 3 rings (SSSR count). The number of hydrazone groups is 1. The second-order valence-electron chi connectivity index (χ2n) is 6.86. The van der Waals surface area contributed by atoms with Crippen molar-refractivity contribution in [3.05, 3.63) is 75.3 Å². The minimum atomic E-state index is -4.10. The fourth-order valence-corrected chi connectivity index (χ4v) is 4.19. The maximum Gasteiger partial charge on any atom is 0.295 e. The van der Waals surface area contributed by atoms with Crippen molar-refractivity contribution < 1.29 is 27.6 Å². The van der Waals surface area contributed by atoms with Crippen LogP contribution in [0.5, 0.6) is 17.2 Å². The number of rotatable bonds is 10. The molecule has 0 aromatic heterocycles. The number of hydrogen-bond donors (Lipinski definition) is 2. The van der Waals surface area contributed by atoms with E-state index in [0.29, 0.717) is 27.8 Å². The number of nitrogens with zero attached hydrogens (tertiary/aromatic N) is 2. The molecule has 11 nitrogen and oxygen atoms in total. The van der Waals surface area contributed by atoms with Gasteiger partial charge in [-0.2, -0.15) is 5.10 Å². The summed E-state index contributed by atoms with van der Waals surface area (Å²) in [6, 6.07) is 12.6. The first-order chi connectivity index (χ1) is 16.7. The van der Waals surface area contributed by atoms with Gasteiger partial charge in [-0.3, -0.25) is 20.3 Å². The van der Waals surface area contributed by atoms with Crippen molar-refractivity contribution in [1.82, 2.24) is 0 Å². The van der Waals surface area contributed by atoms with E-state index in [2.05, 4.69) is 15.2 Å². The number of nitro groups is 1. The lowest BCUT2D eigenvalue weighted by molar-refractivity contribution is -0.384. The van der Waals surface area contributed by atoms with E-state index < -0.39 is 20.6 Å². The number of anilines is 2. The first kappa shape index (κ1) is 25.6. The van der Waals surface area contributed by atoms with Crippen molar-refractivity contribution in [2.45, 2.75) is 4.90 Å². The van der Waals surface area contributed by atoms with Gasteiger partial charge in [0.25, 0.3) is 15.7 Å². The van der Waals surface area contributed by atoms with Crippen LogP contribution < -0.4 is 24.4 Å². The highest BCUT2D eigenvalue weighted by atomic mass is 35.5. The SMILES string of the molecule is COc1cc(OC)c(C=NNc2ccc(S(=O)(=O)Nc3ccc(Cl)cc3)cc2[N+](=O)[O-])c(OC)c1. The van der Waals surface area contributed by atoms with Crippen LogP contribution in [0.25, 0.3) is 0 Å². The van der Waals surface area contributed by atoms with Gasteiger partial charge in [0.15, 0.2) is 0 Å². The van der Waals surface area contributed by atoms with Crippen molar-refractivity contribution in [2.75, 3.05) is 31.5 Å². The molecular formula is C22H21ClN4O7S. The quantitative estimate of drug-likeness (QED) is 0.226. The van der Waals surface area contributed by atoms with E-state index in [0.717, 1.165) is 6.07 Å². The highest BCUT2D eigenvalue weighted by Gasteiger charge is 2.22. The fraction of sp³-hybridized carbons (Fsp3) is 0.136. The molecule has 0 heterocycles. The van der Waals surface area contributed by atoms with Crippen LogP contribution >= 0.6 is 11.6 Å². The average molecular weight is 521 g/mol. The highest BCUT2D eigenvalue weighted by molar-refractivity contribution is 7.92. The molecule has 0 spiro atoms. The van der Waals surface area contributed by atoms with Crippen LogP contribution in [0.3, 0.4) is 0 Å². The van der Waals surface area contributed by atoms with Crippen molar-refractivity contribution in [3.63, 3.8) is 0 Å². The summed E-state index contributed by atoms with van der Waals surface area (Å²) in [5, 5.41) is 16.1. The van der Waals surface area contributed by atoms with E-state index in [1.165, 1.54) is 63.9 Å². The Kier molecular flexibility index (Phi) is 7.99. The topological polar surface area (TPSA) is 141 Å². The van der Waals surface area contributed by atoms with Gasteiger partial charge in [-0.05, 0) is 36.4 Å². The number of ether oxygens (including phenoxy) is 3. The van der Waals surface area contributed by atoms with E-state index >= 15 is 0 Å². The minimum absolute atomic E-state index is 0.0249. The Morgan fingerprint density at radius 3 is 2.14 bits per heavy atom. The number of benzene rings is 3. The molecule has 2 N–H and O–H groups in total. The first-order valence-corrected chi connectivity index (χ1v) is 11.7. The molecule has 0 fully saturated rings. The van der Waals surface area contributed by atoms with Crippen LogP contribution in [0, 0.1) is 10.1 Å². The van der Waals surface area contributed by atoms with Crippen LogP contribution in [0.4, 0.5) is 17.1 Å². The number of sulfonamides is 1. The molecule has 3 aromatic rings. The van der Waals surface area contributed by atoms with E-state index in [9.17, 15) is 18.5 Å². The molecule has 0 aliphatic heterocycles. The summed E-state index contributed by atoms with van der Waals surface area (Å²) in [6.07, 6.45) is 1.35. The van der Waals surface area contributed by atoms with Gasteiger partial charge in [-0.25, -0.2) is 8.42 Å². The number of nitrogens with one attached hydrogen (secondary N) is 2. The molecule has 0 amide bonds. The Morgan fingerprint density at radius 1 is 0.971 bits per heavy atom. The van der Waals surface area contributed by atoms with Crippen molar-refractivity contribution >= 4 is 44.9 Å². The number of hydrogen-bond acceptors (Lipinski definition) is 9. The molecule has 0 atom stereocenters. The van der Waals surface area contributed by atoms with Gasteiger partial charge in [0.1, 0.15) is 22.9 Å². The van der Waals surface area contributed by atoms with Crippen LogP contribution in [0.1, 0.15) is 5.56 Å². The van der Waals surface area contributed by atoms with Crippen LogP contribution in [0.15, 0.2) is 64.6 Å². The van der Waals surface area contributed by atoms with Gasteiger partial charge in [0.05, 0.1) is 42.9 Å². The van der Waals surface area contributed by atoms with E-state index in [1.54, 1.807) is 12.1 Å². The maximum atomic E-state index is 12.7. The largest absolute Gasteiger partial charge is 0.496 e. The normalized spacial score (nSPS) is 11.2. The highest BCUT2D eigenvalue weighted by Crippen LogP contribution is 2.33. The zero-order chi connectivity index (χ0) is 25.6. The first-order valence-electron chi connectivity index (χ1n) is 9.84. The molecule has 3 aromatic carbocycles. The molecule has 0 bridgehead atoms. The maximum absolute atomic E-state index is 12.7. The van der Waals surface area contributed by atoms with Gasteiger partial charge in [-0.15, -0.1) is 0 Å². The molecule has 0 saturated heterocycles. The van der Waals surface area contributed by atoms with Crippen molar-refractivity contribution in [3.8, 4) is 17.2 Å². The van der Waals surface area contributed by atoms with Gasteiger partial charge in [0.2, 0.25) is 0 Å². The number of methoxy groups -OCH3 is 3. The minimum Gasteiger partial charge on any atom is -0.496 e. The van der Waals surface area contributed by atoms with Crippen molar-refractivity contribution in [1.29, 1.82) is 0 Å². The third-order valence-electron chi connectivity index (χ3n) is 4.70. The summed E-state index contributed by atoms with van der Waals surface area (Å²) < 4.78 is 43.6. The summed E-state index contributed by atoms with van der Waals surface area (Å²) >= 11 is 5.81. The Balaban J connectivity index is 1.88. The molecule has 0 aliphatic rings. The zero-order valence-corrected chi connectivity index (χ0v) is 20.4. The molecule has 0 radical (unpaired) electrons. The van der Waals surface area contributed by atoms with E-state index in [-0.39, 0.29) is 16.3 Å². The van der Waals surface area contributed by atoms with Crippen LogP contribution in [-0.2, 0) is 10.0 Å². The summed E-state index contributed by atoms with van der Waals surface area (Å²) in [7, 11) is 0.321. The van der Waals surface area contributed by atoms with Gasteiger partial charge in [-0.1, -0.05) is 11.6 Å². The molecule has 0 saturated carbocycles. The lowest BCUT2D eigenvalue weighted by atomic mass is 10.2. The predicted molar refractivity (Wildman–Crippen MR) is 133 cm³/mol. The van der Waals surface area contributed by atoms with Gasteiger partial charge < -0.3 is 14.2 Å². The molecule has 35 heavy (non-hydrogen) atoms. The fourth-order valence-electron chi connectivity index (χ4n) is 2.98. The standard InChI is InChI=1S/C22H21ClN4O7S/c1-32-16-10-21(33-2)18(22(11-16)34-3)13-24-25-19-9-8-17(12-20(19)27(28)29)35(30,31)26-15-6-4-14(23)5-7-15/h4-13,25-26H,1-3H3. The molecule has 0 aliphatic carbocycles. The Hall–Kier alpha value is -4.03.